The quantitative estimate of drug-likeness (QED) is 0.634. The minimum Gasteiger partial charge on any atom is -0.466 e. The Morgan fingerprint density at radius 3 is 2.83 bits per heavy atom. The Kier molecular flexibility index (Phi) is 2.73. The minimum absolute atomic E-state index is 0.250. The molecule has 0 spiro atoms. The second kappa shape index (κ2) is 3.44. The second-order valence-corrected chi connectivity index (χ2v) is 3.55. The van der Waals surface area contributed by atoms with Crippen molar-refractivity contribution in [3.05, 3.63) is 0 Å². The lowest BCUT2D eigenvalue weighted by molar-refractivity contribution is -0.155. The average molecular weight is 172 g/mol. The number of esters is 1. The van der Waals surface area contributed by atoms with Crippen LogP contribution < -0.4 is 0 Å². The van der Waals surface area contributed by atoms with Crippen LogP contribution in [0.25, 0.3) is 0 Å². The molecule has 0 bridgehead atoms. The summed E-state index contributed by atoms with van der Waals surface area (Å²) in [5.74, 6) is -0.558. The lowest BCUT2D eigenvalue weighted by Gasteiger charge is -2.23. The molecule has 3 nitrogen and oxygen atoms in total. The summed E-state index contributed by atoms with van der Waals surface area (Å²) in [6, 6.07) is 0. The Balaban J connectivity index is 2.56. The van der Waals surface area contributed by atoms with E-state index in [1.54, 1.807) is 13.8 Å². The summed E-state index contributed by atoms with van der Waals surface area (Å²) in [5.41, 5.74) is -0.841. The topological polar surface area (TPSA) is 46.5 Å². The van der Waals surface area contributed by atoms with E-state index in [2.05, 4.69) is 0 Å². The van der Waals surface area contributed by atoms with Gasteiger partial charge in [-0.05, 0) is 33.1 Å². The lowest BCUT2D eigenvalue weighted by Crippen LogP contribution is -2.35. The monoisotopic (exact) mass is 172 g/mol. The molecule has 1 N–H and O–H groups in total. The van der Waals surface area contributed by atoms with E-state index >= 15 is 0 Å². The molecule has 1 aliphatic rings. The number of carbonyl (C=O) groups is 1. The highest BCUT2D eigenvalue weighted by Gasteiger charge is 2.42. The Labute approximate surface area is 72.7 Å². The molecular formula is C9H16O3. The molecule has 1 saturated carbocycles. The van der Waals surface area contributed by atoms with E-state index in [4.69, 9.17) is 4.74 Å². The molecule has 1 fully saturated rings. The molecule has 12 heavy (non-hydrogen) atoms. The van der Waals surface area contributed by atoms with Crippen LogP contribution in [0.4, 0.5) is 0 Å². The van der Waals surface area contributed by atoms with Crippen molar-refractivity contribution >= 4 is 5.97 Å². The fourth-order valence-corrected chi connectivity index (χ4v) is 1.76. The first-order chi connectivity index (χ1) is 5.58. The molecule has 0 aromatic rings. The summed E-state index contributed by atoms with van der Waals surface area (Å²) in [6.07, 6.45) is 2.37. The fourth-order valence-electron chi connectivity index (χ4n) is 1.76. The van der Waals surface area contributed by atoms with Crippen LogP contribution >= 0.6 is 0 Å². The first-order valence-electron chi connectivity index (χ1n) is 4.47. The molecule has 1 rings (SSSR count). The molecule has 0 amide bonds. The van der Waals surface area contributed by atoms with Crippen molar-refractivity contribution in [2.24, 2.45) is 5.92 Å². The smallest absolute Gasteiger partial charge is 0.311 e. The van der Waals surface area contributed by atoms with Gasteiger partial charge in [0, 0.05) is 0 Å². The van der Waals surface area contributed by atoms with E-state index in [0.717, 1.165) is 12.8 Å². The predicted molar refractivity (Wildman–Crippen MR) is 44.6 cm³/mol. The van der Waals surface area contributed by atoms with Crippen LogP contribution in [0.2, 0.25) is 0 Å². The maximum Gasteiger partial charge on any atom is 0.311 e. The minimum atomic E-state index is -0.841. The number of hydrogen-bond donors (Lipinski definition) is 1. The molecule has 0 unspecified atom stereocenters. The van der Waals surface area contributed by atoms with Gasteiger partial charge in [-0.1, -0.05) is 0 Å². The third kappa shape index (κ3) is 1.78. The summed E-state index contributed by atoms with van der Waals surface area (Å²) in [6.45, 7) is 3.88. The normalized spacial score (nSPS) is 35.1. The van der Waals surface area contributed by atoms with Gasteiger partial charge < -0.3 is 9.84 Å². The third-order valence-electron chi connectivity index (χ3n) is 2.50. The number of ether oxygens (including phenoxy) is 1. The molecular weight excluding hydrogens is 156 g/mol. The highest BCUT2D eigenvalue weighted by atomic mass is 16.5. The number of aliphatic hydroxyl groups is 1. The molecule has 0 aromatic heterocycles. The second-order valence-electron chi connectivity index (χ2n) is 3.55. The van der Waals surface area contributed by atoms with E-state index in [1.807, 2.05) is 0 Å². The van der Waals surface area contributed by atoms with Crippen LogP contribution in [-0.2, 0) is 9.53 Å². The largest absolute Gasteiger partial charge is 0.466 e. The molecule has 1 aliphatic carbocycles. The van der Waals surface area contributed by atoms with Gasteiger partial charge in [-0.2, -0.15) is 0 Å². The first-order valence-corrected chi connectivity index (χ1v) is 4.47. The number of rotatable bonds is 2. The van der Waals surface area contributed by atoms with Crippen molar-refractivity contribution in [3.63, 3.8) is 0 Å². The molecule has 0 heterocycles. The van der Waals surface area contributed by atoms with Gasteiger partial charge in [-0.3, -0.25) is 4.79 Å². The molecule has 2 atom stereocenters. The van der Waals surface area contributed by atoms with Crippen LogP contribution in [0.3, 0.4) is 0 Å². The van der Waals surface area contributed by atoms with Crippen molar-refractivity contribution in [1.29, 1.82) is 0 Å². The fraction of sp³-hybridized carbons (Fsp3) is 0.889. The van der Waals surface area contributed by atoms with Crippen LogP contribution in [0.5, 0.6) is 0 Å². The summed E-state index contributed by atoms with van der Waals surface area (Å²) in [4.78, 5) is 11.3. The highest BCUT2D eigenvalue weighted by molar-refractivity contribution is 5.74. The zero-order valence-corrected chi connectivity index (χ0v) is 7.67. The Hall–Kier alpha value is -0.570. The van der Waals surface area contributed by atoms with Crippen molar-refractivity contribution in [2.45, 2.75) is 38.7 Å². The zero-order valence-electron chi connectivity index (χ0n) is 7.67. The van der Waals surface area contributed by atoms with Crippen LogP contribution in [0.15, 0.2) is 0 Å². The van der Waals surface area contributed by atoms with Gasteiger partial charge in [0.15, 0.2) is 0 Å². The SMILES string of the molecule is CCOC(=O)[C@H]1CCC[C@]1(C)O. The van der Waals surface area contributed by atoms with Gasteiger partial charge in [-0.25, -0.2) is 0 Å². The van der Waals surface area contributed by atoms with Gasteiger partial charge in [-0.15, -0.1) is 0 Å². The average Bonchev–Trinajstić information content (AvgIpc) is 2.30. The lowest BCUT2D eigenvalue weighted by atomic mass is 9.93. The first kappa shape index (κ1) is 9.52. The van der Waals surface area contributed by atoms with Gasteiger partial charge in [0.1, 0.15) is 0 Å². The van der Waals surface area contributed by atoms with E-state index in [-0.39, 0.29) is 11.9 Å². The molecule has 0 saturated heterocycles. The van der Waals surface area contributed by atoms with Gasteiger partial charge >= 0.3 is 5.97 Å². The van der Waals surface area contributed by atoms with Gasteiger partial charge in [0.25, 0.3) is 0 Å². The molecule has 0 radical (unpaired) electrons. The summed E-state index contributed by atoms with van der Waals surface area (Å²) in [5, 5.41) is 9.75. The van der Waals surface area contributed by atoms with Gasteiger partial charge in [0.2, 0.25) is 0 Å². The standard InChI is InChI=1S/C9H16O3/c1-3-12-8(10)7-5-4-6-9(7,2)11/h7,11H,3-6H2,1-2H3/t7-,9+/m1/s1. The maximum absolute atomic E-state index is 11.3. The van der Waals surface area contributed by atoms with Crippen LogP contribution in [0.1, 0.15) is 33.1 Å². The number of hydrogen-bond acceptors (Lipinski definition) is 3. The van der Waals surface area contributed by atoms with E-state index in [0.29, 0.717) is 13.0 Å². The van der Waals surface area contributed by atoms with E-state index < -0.39 is 5.60 Å². The van der Waals surface area contributed by atoms with Crippen molar-refractivity contribution in [3.8, 4) is 0 Å². The maximum atomic E-state index is 11.3. The predicted octanol–water partition coefficient (Wildman–Crippen LogP) is 1.10. The zero-order chi connectivity index (χ0) is 9.19. The Morgan fingerprint density at radius 2 is 2.42 bits per heavy atom. The molecule has 0 aliphatic heterocycles. The van der Waals surface area contributed by atoms with Crippen LogP contribution in [0, 0.1) is 5.92 Å². The molecule has 3 heteroatoms. The van der Waals surface area contributed by atoms with E-state index in [9.17, 15) is 9.90 Å². The van der Waals surface area contributed by atoms with Crippen molar-refractivity contribution in [1.82, 2.24) is 0 Å². The Morgan fingerprint density at radius 1 is 1.75 bits per heavy atom. The van der Waals surface area contributed by atoms with Gasteiger partial charge in [0.05, 0.1) is 18.1 Å². The van der Waals surface area contributed by atoms with E-state index in [1.165, 1.54) is 0 Å². The van der Waals surface area contributed by atoms with Crippen molar-refractivity contribution in [2.75, 3.05) is 6.61 Å². The Bertz CT molecular complexity index is 175. The summed E-state index contributed by atoms with van der Waals surface area (Å²) >= 11 is 0. The van der Waals surface area contributed by atoms with Crippen LogP contribution in [-0.4, -0.2) is 23.3 Å². The molecule has 0 aromatic carbocycles. The van der Waals surface area contributed by atoms with Crippen molar-refractivity contribution < 1.29 is 14.6 Å². The summed E-state index contributed by atoms with van der Waals surface area (Å²) < 4.78 is 4.86. The highest BCUT2D eigenvalue weighted by Crippen LogP contribution is 2.35. The molecule has 70 valence electrons. The summed E-state index contributed by atoms with van der Waals surface area (Å²) in [7, 11) is 0. The third-order valence-corrected chi connectivity index (χ3v) is 2.50. The number of carbonyl (C=O) groups excluding carboxylic acids is 1.